The summed E-state index contributed by atoms with van der Waals surface area (Å²) in [5.41, 5.74) is 1.13. The average Bonchev–Trinajstić information content (AvgIpc) is 2.78. The van der Waals surface area contributed by atoms with Crippen LogP contribution >= 0.6 is 0 Å². The highest BCUT2D eigenvalue weighted by atomic mass is 16.6. The van der Waals surface area contributed by atoms with Crippen LogP contribution < -0.4 is 5.32 Å². The van der Waals surface area contributed by atoms with Gasteiger partial charge in [-0.2, -0.15) is 0 Å². The van der Waals surface area contributed by atoms with Gasteiger partial charge in [0.1, 0.15) is 6.61 Å². The summed E-state index contributed by atoms with van der Waals surface area (Å²) in [6, 6.07) is 4.69. The van der Waals surface area contributed by atoms with Crippen molar-refractivity contribution in [2.24, 2.45) is 11.3 Å². The molecule has 0 radical (unpaired) electrons. The lowest BCUT2D eigenvalue weighted by molar-refractivity contribution is -0.384. The summed E-state index contributed by atoms with van der Waals surface area (Å²) in [7, 11) is 1.26. The molecule has 2 saturated carbocycles. The number of amides is 1. The second kappa shape index (κ2) is 10.8. The van der Waals surface area contributed by atoms with Crippen LogP contribution in [0.2, 0.25) is 0 Å². The van der Waals surface area contributed by atoms with Crippen LogP contribution in [0.15, 0.2) is 24.3 Å². The zero-order chi connectivity index (χ0) is 23.1. The Morgan fingerprint density at radius 2 is 1.84 bits per heavy atom. The highest BCUT2D eigenvalue weighted by Crippen LogP contribution is 2.52. The molecule has 0 aliphatic heterocycles. The van der Waals surface area contributed by atoms with Crippen LogP contribution in [0.3, 0.4) is 0 Å². The number of carbonyl (C=O) groups is 2. The van der Waals surface area contributed by atoms with Gasteiger partial charge in [0.2, 0.25) is 0 Å². The van der Waals surface area contributed by atoms with Gasteiger partial charge in [0, 0.05) is 18.7 Å². The van der Waals surface area contributed by atoms with E-state index in [4.69, 9.17) is 14.2 Å². The molecule has 9 heteroatoms. The smallest absolute Gasteiger partial charge is 0.408 e. The first-order valence-electron chi connectivity index (χ1n) is 11.2. The van der Waals surface area contributed by atoms with Gasteiger partial charge in [-0.15, -0.1) is 0 Å². The van der Waals surface area contributed by atoms with Gasteiger partial charge < -0.3 is 19.5 Å². The molecule has 9 nitrogen and oxygen atoms in total. The van der Waals surface area contributed by atoms with Crippen molar-refractivity contribution in [2.75, 3.05) is 13.7 Å². The van der Waals surface area contributed by atoms with E-state index in [1.54, 1.807) is 6.92 Å². The molecule has 1 N–H and O–H groups in total. The fourth-order valence-electron chi connectivity index (χ4n) is 4.54. The van der Waals surface area contributed by atoms with E-state index in [0.717, 1.165) is 12.8 Å². The van der Waals surface area contributed by atoms with Crippen molar-refractivity contribution >= 4 is 17.7 Å². The summed E-state index contributed by atoms with van der Waals surface area (Å²) >= 11 is 0. The van der Waals surface area contributed by atoms with E-state index >= 15 is 0 Å². The maximum Gasteiger partial charge on any atom is 0.408 e. The third kappa shape index (κ3) is 6.18. The number of carbonyl (C=O) groups excluding carboxylic acids is 2. The van der Waals surface area contributed by atoms with Gasteiger partial charge in [0.15, 0.2) is 6.04 Å². The number of nitrogens with one attached hydrogen (secondary N) is 1. The highest BCUT2D eigenvalue weighted by Gasteiger charge is 2.40. The predicted molar refractivity (Wildman–Crippen MR) is 116 cm³/mol. The average molecular weight is 449 g/mol. The SMILES string of the molecule is COC(=O)[C@@H](NC(=O)OCc1ccc([N+](=O)[O-])cc1)[C@@H](C)OCC1CCC2(CCC2)CC1. The molecule has 0 unspecified atom stereocenters. The number of esters is 1. The number of nitro benzene ring substituents is 1. The van der Waals surface area contributed by atoms with Gasteiger partial charge in [-0.3, -0.25) is 10.1 Å². The van der Waals surface area contributed by atoms with Crippen LogP contribution in [0.25, 0.3) is 0 Å². The van der Waals surface area contributed by atoms with Crippen LogP contribution in [0.4, 0.5) is 10.5 Å². The Bertz CT molecular complexity index is 797. The van der Waals surface area contributed by atoms with Crippen LogP contribution in [-0.2, 0) is 25.6 Å². The lowest BCUT2D eigenvalue weighted by atomic mass is 9.59. The lowest BCUT2D eigenvalue weighted by Gasteiger charge is -2.47. The topological polar surface area (TPSA) is 117 Å². The molecule has 2 aliphatic carbocycles. The molecule has 1 amide bonds. The summed E-state index contributed by atoms with van der Waals surface area (Å²) in [5.74, 6) is -0.141. The number of nitrogens with zero attached hydrogens (tertiary/aromatic N) is 1. The van der Waals surface area contributed by atoms with Crippen molar-refractivity contribution in [3.05, 3.63) is 39.9 Å². The van der Waals surface area contributed by atoms with Crippen molar-refractivity contribution < 1.29 is 28.7 Å². The van der Waals surface area contributed by atoms with Gasteiger partial charge in [-0.1, -0.05) is 6.42 Å². The van der Waals surface area contributed by atoms with Crippen molar-refractivity contribution in [1.29, 1.82) is 0 Å². The summed E-state index contributed by atoms with van der Waals surface area (Å²) in [5, 5.41) is 13.2. The van der Waals surface area contributed by atoms with Gasteiger partial charge >= 0.3 is 12.1 Å². The van der Waals surface area contributed by atoms with Crippen LogP contribution in [0, 0.1) is 21.4 Å². The monoisotopic (exact) mass is 448 g/mol. The Hall–Kier alpha value is -2.68. The standard InChI is InChI=1S/C23H32N2O7/c1-16(31-14-18-8-12-23(13-9-18)10-3-11-23)20(21(26)30-2)24-22(27)32-15-17-4-6-19(7-5-17)25(28)29/h4-7,16,18,20H,3,8-15H2,1-2H3,(H,24,27)/t16-,20+/m1/s1. The first kappa shape index (κ1) is 24.0. The van der Waals surface area contributed by atoms with E-state index in [1.807, 2.05) is 0 Å². The molecule has 1 spiro atoms. The summed E-state index contributed by atoms with van der Waals surface area (Å²) in [6.07, 6.45) is 7.48. The fourth-order valence-corrected chi connectivity index (χ4v) is 4.54. The molecule has 1 aromatic carbocycles. The zero-order valence-corrected chi connectivity index (χ0v) is 18.7. The maximum absolute atomic E-state index is 12.2. The second-order valence-corrected chi connectivity index (χ2v) is 8.98. The molecular weight excluding hydrogens is 416 g/mol. The molecule has 176 valence electrons. The minimum absolute atomic E-state index is 0.0456. The minimum atomic E-state index is -0.995. The first-order valence-corrected chi connectivity index (χ1v) is 11.2. The molecule has 1 aromatic rings. The first-order chi connectivity index (χ1) is 15.3. The molecule has 2 aliphatic rings. The Kier molecular flexibility index (Phi) is 8.06. The number of ether oxygens (including phenoxy) is 3. The molecule has 0 bridgehead atoms. The van der Waals surface area contributed by atoms with Crippen molar-refractivity contribution in [2.45, 2.75) is 70.6 Å². The zero-order valence-electron chi connectivity index (χ0n) is 18.7. The second-order valence-electron chi connectivity index (χ2n) is 8.98. The molecule has 2 atom stereocenters. The number of methoxy groups -OCH3 is 1. The lowest BCUT2D eigenvalue weighted by Crippen LogP contribution is -2.49. The molecule has 0 saturated heterocycles. The number of non-ortho nitro benzene ring substituents is 1. The molecule has 2 fully saturated rings. The Morgan fingerprint density at radius 1 is 1.19 bits per heavy atom. The van der Waals surface area contributed by atoms with E-state index in [1.165, 1.54) is 63.5 Å². The predicted octanol–water partition coefficient (Wildman–Crippen LogP) is 4.13. The maximum atomic E-state index is 12.2. The largest absolute Gasteiger partial charge is 0.467 e. The normalized spacial score (nSPS) is 19.4. The van der Waals surface area contributed by atoms with E-state index in [-0.39, 0.29) is 12.3 Å². The molecule has 0 heterocycles. The Balaban J connectivity index is 1.45. The molecule has 32 heavy (non-hydrogen) atoms. The number of hydrogen-bond acceptors (Lipinski definition) is 7. The molecular formula is C23H32N2O7. The summed E-state index contributed by atoms with van der Waals surface area (Å²) in [4.78, 5) is 34.7. The number of nitro groups is 1. The van der Waals surface area contributed by atoms with Crippen LogP contribution in [0.1, 0.15) is 57.4 Å². The minimum Gasteiger partial charge on any atom is -0.467 e. The van der Waals surface area contributed by atoms with Crippen molar-refractivity contribution in [3.8, 4) is 0 Å². The van der Waals surface area contributed by atoms with Crippen molar-refractivity contribution in [1.82, 2.24) is 5.32 Å². The summed E-state index contributed by atoms with van der Waals surface area (Å²) < 4.78 is 15.9. The van der Waals surface area contributed by atoms with Crippen LogP contribution in [-0.4, -0.2) is 42.8 Å². The van der Waals surface area contributed by atoms with Crippen LogP contribution in [0.5, 0.6) is 0 Å². The van der Waals surface area contributed by atoms with E-state index in [2.05, 4.69) is 5.32 Å². The number of alkyl carbamates (subject to hydrolysis) is 1. The van der Waals surface area contributed by atoms with E-state index in [9.17, 15) is 19.7 Å². The fraction of sp³-hybridized carbons (Fsp3) is 0.652. The van der Waals surface area contributed by atoms with Gasteiger partial charge in [-0.25, -0.2) is 9.59 Å². The Morgan fingerprint density at radius 3 is 2.38 bits per heavy atom. The van der Waals surface area contributed by atoms with Gasteiger partial charge in [0.25, 0.3) is 5.69 Å². The molecule has 3 rings (SSSR count). The molecule has 0 aromatic heterocycles. The summed E-state index contributed by atoms with van der Waals surface area (Å²) in [6.45, 7) is 2.19. The number of benzene rings is 1. The third-order valence-electron chi connectivity index (χ3n) is 6.89. The highest BCUT2D eigenvalue weighted by molar-refractivity contribution is 5.81. The third-order valence-corrected chi connectivity index (χ3v) is 6.89. The Labute approximate surface area is 187 Å². The van der Waals surface area contributed by atoms with E-state index in [0.29, 0.717) is 23.5 Å². The number of hydrogen-bond donors (Lipinski definition) is 1. The quantitative estimate of drug-likeness (QED) is 0.343. The van der Waals surface area contributed by atoms with Gasteiger partial charge in [-0.05, 0) is 74.5 Å². The van der Waals surface area contributed by atoms with Crippen molar-refractivity contribution in [3.63, 3.8) is 0 Å². The number of rotatable bonds is 9. The van der Waals surface area contributed by atoms with E-state index < -0.39 is 29.1 Å². The van der Waals surface area contributed by atoms with Gasteiger partial charge in [0.05, 0.1) is 18.1 Å².